The van der Waals surface area contributed by atoms with Crippen molar-refractivity contribution >= 4 is 22.5 Å². The molecule has 2 atom stereocenters. The molecule has 2 unspecified atom stereocenters. The largest absolute Gasteiger partial charge is 0.365 e. The molecule has 1 amide bonds. The number of hydrogen-bond donors (Lipinski definition) is 3. The number of carbonyl (C=O) groups excluding carboxylic acids is 1. The van der Waals surface area contributed by atoms with Crippen LogP contribution in [-0.4, -0.2) is 28.2 Å². The zero-order valence-corrected chi connectivity index (χ0v) is 13.5. The number of nitrogens with one attached hydrogen (secondary N) is 3. The van der Waals surface area contributed by atoms with E-state index in [1.807, 2.05) is 18.2 Å². The monoisotopic (exact) mass is 326 g/mol. The first-order chi connectivity index (χ1) is 11.7. The molecule has 0 spiro atoms. The summed E-state index contributed by atoms with van der Waals surface area (Å²) in [5, 5.41) is 14.9. The topological polar surface area (TPSA) is 86.9 Å². The molecule has 0 bridgehead atoms. The molecule has 24 heavy (non-hydrogen) atoms. The van der Waals surface area contributed by atoms with E-state index in [-0.39, 0.29) is 29.5 Å². The maximum absolute atomic E-state index is 12.0. The van der Waals surface area contributed by atoms with Gasteiger partial charge in [0, 0.05) is 23.4 Å². The number of aromatic amines is 1. The van der Waals surface area contributed by atoms with Crippen molar-refractivity contribution in [3.05, 3.63) is 34.6 Å². The average molecular weight is 326 g/mol. The highest BCUT2D eigenvalue weighted by molar-refractivity contribution is 5.90. The molecule has 6 heteroatoms. The fourth-order valence-corrected chi connectivity index (χ4v) is 3.53. The van der Waals surface area contributed by atoms with Gasteiger partial charge in [0.05, 0.1) is 5.39 Å². The number of nitrogens with zero attached hydrogens (tertiary/aromatic N) is 1. The van der Waals surface area contributed by atoms with E-state index in [2.05, 4.69) is 20.8 Å². The minimum atomic E-state index is -0.172. The predicted molar refractivity (Wildman–Crippen MR) is 92.9 cm³/mol. The van der Waals surface area contributed by atoms with Crippen LogP contribution in [0.25, 0.3) is 10.8 Å². The summed E-state index contributed by atoms with van der Waals surface area (Å²) >= 11 is 0. The van der Waals surface area contributed by atoms with Crippen LogP contribution in [0, 0.1) is 5.92 Å². The molecule has 1 heterocycles. The van der Waals surface area contributed by atoms with Crippen molar-refractivity contribution < 1.29 is 4.79 Å². The third kappa shape index (κ3) is 3.13. The second-order valence-electron chi connectivity index (χ2n) is 6.93. The Labute approximate surface area is 140 Å². The van der Waals surface area contributed by atoms with Gasteiger partial charge in [-0.25, -0.2) is 5.10 Å². The van der Waals surface area contributed by atoms with E-state index in [1.54, 1.807) is 6.07 Å². The molecule has 3 N–H and O–H groups in total. The van der Waals surface area contributed by atoms with Gasteiger partial charge < -0.3 is 10.6 Å². The van der Waals surface area contributed by atoms with Gasteiger partial charge in [0.1, 0.15) is 0 Å². The molecule has 126 valence electrons. The van der Waals surface area contributed by atoms with Crippen LogP contribution in [-0.2, 0) is 4.79 Å². The second kappa shape index (κ2) is 6.26. The Hall–Kier alpha value is -2.37. The fraction of sp³-hybridized carbons (Fsp3) is 0.500. The molecular weight excluding hydrogens is 304 g/mol. The predicted octanol–water partition coefficient (Wildman–Crippen LogP) is 2.17. The summed E-state index contributed by atoms with van der Waals surface area (Å²) in [4.78, 5) is 23.8. The van der Waals surface area contributed by atoms with Crippen LogP contribution in [0.3, 0.4) is 0 Å². The van der Waals surface area contributed by atoms with Crippen LogP contribution in [0.15, 0.2) is 29.1 Å². The molecule has 1 aromatic heterocycles. The van der Waals surface area contributed by atoms with Crippen LogP contribution in [0.4, 0.5) is 5.82 Å². The quantitative estimate of drug-likeness (QED) is 0.803. The van der Waals surface area contributed by atoms with E-state index in [9.17, 15) is 9.59 Å². The van der Waals surface area contributed by atoms with Gasteiger partial charge in [0.2, 0.25) is 5.91 Å². The van der Waals surface area contributed by atoms with E-state index in [4.69, 9.17) is 0 Å². The van der Waals surface area contributed by atoms with E-state index in [0.29, 0.717) is 11.2 Å². The molecule has 0 aliphatic heterocycles. The zero-order chi connectivity index (χ0) is 16.5. The lowest BCUT2D eigenvalue weighted by atomic mass is 9.90. The Morgan fingerprint density at radius 3 is 2.62 bits per heavy atom. The fourth-order valence-electron chi connectivity index (χ4n) is 3.53. The summed E-state index contributed by atoms with van der Waals surface area (Å²) < 4.78 is 0. The van der Waals surface area contributed by atoms with Crippen LogP contribution >= 0.6 is 0 Å². The molecule has 1 aromatic carbocycles. The van der Waals surface area contributed by atoms with Gasteiger partial charge in [-0.2, -0.15) is 5.10 Å². The SMILES string of the molecule is O=C(NC1CCCC(Nc2n[nH]c(=O)c3ccccc23)C1)C1CC1. The first kappa shape index (κ1) is 15.2. The van der Waals surface area contributed by atoms with Crippen LogP contribution in [0.2, 0.25) is 0 Å². The Balaban J connectivity index is 1.47. The van der Waals surface area contributed by atoms with Gasteiger partial charge in [0.15, 0.2) is 5.82 Å². The molecule has 2 aliphatic carbocycles. The highest BCUT2D eigenvalue weighted by Gasteiger charge is 2.32. The molecule has 0 radical (unpaired) electrons. The summed E-state index contributed by atoms with van der Waals surface area (Å²) in [6.45, 7) is 0. The first-order valence-corrected chi connectivity index (χ1v) is 8.75. The van der Waals surface area contributed by atoms with E-state index >= 15 is 0 Å². The van der Waals surface area contributed by atoms with Crippen molar-refractivity contribution in [2.75, 3.05) is 5.32 Å². The average Bonchev–Trinajstić information content (AvgIpc) is 3.43. The summed E-state index contributed by atoms with van der Waals surface area (Å²) in [6, 6.07) is 7.97. The van der Waals surface area contributed by atoms with Gasteiger partial charge >= 0.3 is 0 Å². The number of hydrogen-bond acceptors (Lipinski definition) is 4. The number of benzene rings is 1. The van der Waals surface area contributed by atoms with Crippen molar-refractivity contribution in [3.63, 3.8) is 0 Å². The minimum Gasteiger partial charge on any atom is -0.365 e. The molecule has 2 saturated carbocycles. The number of anilines is 1. The molecule has 2 fully saturated rings. The van der Waals surface area contributed by atoms with Crippen LogP contribution in [0.1, 0.15) is 38.5 Å². The van der Waals surface area contributed by atoms with E-state index < -0.39 is 0 Å². The van der Waals surface area contributed by atoms with Gasteiger partial charge in [-0.3, -0.25) is 9.59 Å². The molecule has 6 nitrogen and oxygen atoms in total. The Bertz CT molecular complexity index is 812. The van der Waals surface area contributed by atoms with Crippen LogP contribution in [0.5, 0.6) is 0 Å². The number of rotatable bonds is 4. The number of aromatic nitrogens is 2. The van der Waals surface area contributed by atoms with Gasteiger partial charge in [-0.15, -0.1) is 0 Å². The summed E-state index contributed by atoms with van der Waals surface area (Å²) in [5.41, 5.74) is -0.172. The lowest BCUT2D eigenvalue weighted by Gasteiger charge is -2.30. The first-order valence-electron chi connectivity index (χ1n) is 8.75. The van der Waals surface area contributed by atoms with E-state index in [1.165, 1.54) is 0 Å². The van der Waals surface area contributed by atoms with Crippen LogP contribution < -0.4 is 16.2 Å². The standard InChI is InChI=1S/C18H22N4O2/c23-17(11-8-9-11)20-13-5-3-4-12(10-13)19-16-14-6-1-2-7-15(14)18(24)22-21-16/h1-2,6-7,11-13H,3-5,8-10H2,(H,19,21)(H,20,23)(H,22,24). The molecule has 2 aliphatic rings. The zero-order valence-electron chi connectivity index (χ0n) is 13.5. The summed E-state index contributed by atoms with van der Waals surface area (Å²) in [7, 11) is 0. The lowest BCUT2D eigenvalue weighted by molar-refractivity contribution is -0.123. The number of fused-ring (bicyclic) bond motifs is 1. The van der Waals surface area contributed by atoms with Crippen molar-refractivity contribution in [1.29, 1.82) is 0 Å². The van der Waals surface area contributed by atoms with Gasteiger partial charge in [-0.05, 0) is 44.6 Å². The Morgan fingerprint density at radius 2 is 1.83 bits per heavy atom. The Kier molecular flexibility index (Phi) is 3.96. The smallest absolute Gasteiger partial charge is 0.272 e. The van der Waals surface area contributed by atoms with Crippen molar-refractivity contribution in [2.24, 2.45) is 5.92 Å². The molecule has 0 saturated heterocycles. The van der Waals surface area contributed by atoms with Gasteiger partial charge in [0.25, 0.3) is 5.56 Å². The summed E-state index contributed by atoms with van der Waals surface area (Å²) in [6.07, 6.45) is 6.13. The van der Waals surface area contributed by atoms with E-state index in [0.717, 1.165) is 43.9 Å². The van der Waals surface area contributed by atoms with Crippen molar-refractivity contribution in [3.8, 4) is 0 Å². The summed E-state index contributed by atoms with van der Waals surface area (Å²) in [5.74, 6) is 1.18. The third-order valence-corrected chi connectivity index (χ3v) is 5.01. The highest BCUT2D eigenvalue weighted by atomic mass is 16.2. The lowest BCUT2D eigenvalue weighted by Crippen LogP contribution is -2.42. The van der Waals surface area contributed by atoms with Crippen molar-refractivity contribution in [1.82, 2.24) is 15.5 Å². The number of H-pyrrole nitrogens is 1. The molecule has 4 rings (SSSR count). The number of carbonyl (C=O) groups is 1. The molecule has 2 aromatic rings. The maximum atomic E-state index is 12.0. The Morgan fingerprint density at radius 1 is 1.08 bits per heavy atom. The van der Waals surface area contributed by atoms with Crippen molar-refractivity contribution in [2.45, 2.75) is 50.6 Å². The number of amides is 1. The normalized spacial score (nSPS) is 23.8. The third-order valence-electron chi connectivity index (χ3n) is 5.01. The highest BCUT2D eigenvalue weighted by Crippen LogP contribution is 2.30. The molecular formula is C18H22N4O2. The van der Waals surface area contributed by atoms with Gasteiger partial charge in [-0.1, -0.05) is 18.2 Å². The minimum absolute atomic E-state index is 0.172. The second-order valence-corrected chi connectivity index (χ2v) is 6.93. The maximum Gasteiger partial charge on any atom is 0.272 e.